The van der Waals surface area contributed by atoms with E-state index in [1.165, 1.54) is 0 Å². The fraction of sp³-hybridized carbons (Fsp3) is 0. The summed E-state index contributed by atoms with van der Waals surface area (Å²) >= 11 is 0. The molecule has 0 saturated heterocycles. The molecule has 32 heavy (non-hydrogen) atoms. The van der Waals surface area contributed by atoms with E-state index < -0.39 is 44.3 Å². The normalized spacial score (nSPS) is 11.5. The molecule has 0 aromatic heterocycles. The van der Waals surface area contributed by atoms with Crippen molar-refractivity contribution in [3.8, 4) is 0 Å². The monoisotopic (exact) mass is 430 g/mol. The summed E-state index contributed by atoms with van der Waals surface area (Å²) in [4.78, 5) is 46.4. The zero-order valence-electron chi connectivity index (χ0n) is 15.9. The van der Waals surface area contributed by atoms with E-state index in [2.05, 4.69) is 0 Å². The maximum atomic E-state index is 12.0. The topological polar surface area (TPSA) is 161 Å². The van der Waals surface area contributed by atoms with Crippen molar-refractivity contribution in [2.75, 3.05) is 0 Å². The Labute approximate surface area is 176 Å². The molecular weight excluding hydrogens is 420 g/mol. The van der Waals surface area contributed by atoms with Crippen LogP contribution in [0.2, 0.25) is 0 Å². The van der Waals surface area contributed by atoms with Crippen LogP contribution in [0.4, 0.5) is 11.4 Å². The second-order valence-electron chi connectivity index (χ2n) is 7.22. The number of carboxylic acid groups (broad SMARTS) is 2. The second kappa shape index (κ2) is 6.32. The summed E-state index contributed by atoms with van der Waals surface area (Å²) < 4.78 is 0. The van der Waals surface area contributed by atoms with Crippen LogP contribution in [0.15, 0.2) is 48.5 Å². The first-order chi connectivity index (χ1) is 15.2. The van der Waals surface area contributed by atoms with E-state index in [1.54, 1.807) is 36.4 Å². The summed E-state index contributed by atoms with van der Waals surface area (Å²) in [5.74, 6) is -3.17. The molecule has 0 aliphatic rings. The minimum absolute atomic E-state index is 0.0412. The summed E-state index contributed by atoms with van der Waals surface area (Å²) in [5.41, 5.74) is -2.38. The lowest BCUT2D eigenvalue weighted by Gasteiger charge is -2.17. The predicted molar refractivity (Wildman–Crippen MR) is 115 cm³/mol. The van der Waals surface area contributed by atoms with Crippen molar-refractivity contribution in [3.63, 3.8) is 0 Å². The second-order valence-corrected chi connectivity index (χ2v) is 7.22. The van der Waals surface area contributed by atoms with Gasteiger partial charge in [0.15, 0.2) is 0 Å². The largest absolute Gasteiger partial charge is 0.478 e. The van der Waals surface area contributed by atoms with Crippen LogP contribution in [-0.2, 0) is 0 Å². The quantitative estimate of drug-likeness (QED) is 0.175. The zero-order chi connectivity index (χ0) is 22.9. The van der Waals surface area contributed by atoms with Crippen LogP contribution in [0.25, 0.3) is 43.1 Å². The van der Waals surface area contributed by atoms with Crippen molar-refractivity contribution in [2.24, 2.45) is 0 Å². The number of carboxylic acids is 2. The SMILES string of the molecule is O=C(O)c1cc([N+](=O)[O-])c2c3cccc4cccc(c5c([N+](=O)[O-])cc(C(=O)O)c1c25)c43. The molecule has 0 heterocycles. The van der Waals surface area contributed by atoms with Gasteiger partial charge in [-0.1, -0.05) is 36.4 Å². The smallest absolute Gasteiger partial charge is 0.336 e. The summed E-state index contributed by atoms with van der Waals surface area (Å²) in [6.07, 6.45) is 0. The number of carbonyl (C=O) groups is 2. The van der Waals surface area contributed by atoms with Crippen LogP contribution in [0.1, 0.15) is 20.7 Å². The molecule has 0 fully saturated rings. The Morgan fingerprint density at radius 2 is 1.09 bits per heavy atom. The van der Waals surface area contributed by atoms with E-state index >= 15 is 0 Å². The van der Waals surface area contributed by atoms with Crippen molar-refractivity contribution >= 4 is 66.4 Å². The molecule has 0 amide bonds. The Bertz CT molecular complexity index is 1570. The summed E-state index contributed by atoms with van der Waals surface area (Å²) in [5, 5.41) is 44.9. The zero-order valence-corrected chi connectivity index (χ0v) is 15.9. The van der Waals surface area contributed by atoms with E-state index in [-0.39, 0.29) is 21.5 Å². The third-order valence-corrected chi connectivity index (χ3v) is 5.66. The number of hydrogen-bond acceptors (Lipinski definition) is 6. The van der Waals surface area contributed by atoms with E-state index in [1.807, 2.05) is 0 Å². The van der Waals surface area contributed by atoms with Gasteiger partial charge in [-0.25, -0.2) is 9.59 Å². The Morgan fingerprint density at radius 1 is 0.656 bits per heavy atom. The number of nitro benzene ring substituents is 2. The van der Waals surface area contributed by atoms with Crippen LogP contribution < -0.4 is 0 Å². The van der Waals surface area contributed by atoms with Gasteiger partial charge >= 0.3 is 11.9 Å². The first-order valence-corrected chi connectivity index (χ1v) is 9.18. The molecule has 2 N–H and O–H groups in total. The lowest BCUT2D eigenvalue weighted by Crippen LogP contribution is -2.08. The first kappa shape index (κ1) is 19.1. The molecule has 0 aliphatic heterocycles. The van der Waals surface area contributed by atoms with Crippen LogP contribution in [0.3, 0.4) is 0 Å². The molecule has 0 saturated carbocycles. The van der Waals surface area contributed by atoms with E-state index in [9.17, 15) is 40.0 Å². The van der Waals surface area contributed by atoms with Crippen LogP contribution in [0, 0.1) is 20.2 Å². The van der Waals surface area contributed by atoms with Gasteiger partial charge in [0.25, 0.3) is 11.4 Å². The predicted octanol–water partition coefficient (Wildman–Crippen LogP) is 4.95. The molecule has 0 spiro atoms. The number of nitro groups is 2. The van der Waals surface area contributed by atoms with E-state index in [0.29, 0.717) is 21.5 Å². The van der Waals surface area contributed by atoms with E-state index in [0.717, 1.165) is 12.1 Å². The van der Waals surface area contributed by atoms with Crippen molar-refractivity contribution in [1.82, 2.24) is 0 Å². The van der Waals surface area contributed by atoms with Crippen LogP contribution in [-0.4, -0.2) is 32.0 Å². The Hall–Kier alpha value is -4.86. The standard InChI is InChI=1S/C22H10N2O8/c25-21(26)12-7-14(23(29)30)18-10-5-1-3-9-4-2-6-11(16(9)10)19-15(24(31)32)8-13(22(27)28)17(12)20(18)19/h1-8H,(H,25,26)(H,27,28). The molecule has 0 atom stereocenters. The van der Waals surface area contributed by atoms with Gasteiger partial charge in [-0.15, -0.1) is 0 Å². The van der Waals surface area contributed by atoms with Crippen molar-refractivity contribution in [2.45, 2.75) is 0 Å². The molecule has 156 valence electrons. The van der Waals surface area contributed by atoms with Gasteiger partial charge < -0.3 is 10.2 Å². The molecule has 10 heteroatoms. The van der Waals surface area contributed by atoms with Gasteiger partial charge in [0.05, 0.1) is 31.7 Å². The number of rotatable bonds is 4. The number of aromatic carboxylic acids is 2. The molecule has 5 aromatic carbocycles. The number of nitrogens with zero attached hydrogens (tertiary/aromatic N) is 2. The molecule has 0 bridgehead atoms. The molecule has 10 nitrogen and oxygen atoms in total. The first-order valence-electron chi connectivity index (χ1n) is 9.18. The number of non-ortho nitro benzene ring substituents is 2. The average molecular weight is 430 g/mol. The number of benzene rings is 5. The Kier molecular flexibility index (Phi) is 3.78. The maximum Gasteiger partial charge on any atom is 0.336 e. The molecule has 0 radical (unpaired) electrons. The highest BCUT2D eigenvalue weighted by molar-refractivity contribution is 6.39. The van der Waals surface area contributed by atoms with Gasteiger partial charge in [-0.3, -0.25) is 20.2 Å². The van der Waals surface area contributed by atoms with Gasteiger partial charge in [0.1, 0.15) is 0 Å². The minimum Gasteiger partial charge on any atom is -0.478 e. The lowest BCUT2D eigenvalue weighted by atomic mass is 9.85. The van der Waals surface area contributed by atoms with Crippen molar-refractivity contribution in [1.29, 1.82) is 0 Å². The third-order valence-electron chi connectivity index (χ3n) is 5.66. The minimum atomic E-state index is -1.58. The van der Waals surface area contributed by atoms with Crippen LogP contribution >= 0.6 is 0 Å². The highest BCUT2D eigenvalue weighted by Crippen LogP contribution is 2.48. The summed E-state index contributed by atoms with van der Waals surface area (Å²) in [6, 6.07) is 11.6. The third kappa shape index (κ3) is 2.34. The molecule has 0 aliphatic carbocycles. The van der Waals surface area contributed by atoms with Gasteiger partial charge in [-0.2, -0.15) is 0 Å². The van der Waals surface area contributed by atoms with Gasteiger partial charge in [-0.05, 0) is 21.5 Å². The van der Waals surface area contributed by atoms with E-state index in [4.69, 9.17) is 0 Å². The van der Waals surface area contributed by atoms with Crippen LogP contribution in [0.5, 0.6) is 0 Å². The van der Waals surface area contributed by atoms with Gasteiger partial charge in [0.2, 0.25) is 0 Å². The molecule has 5 rings (SSSR count). The molecule has 5 aromatic rings. The summed E-state index contributed by atoms with van der Waals surface area (Å²) in [7, 11) is 0. The average Bonchev–Trinajstić information content (AvgIpc) is 2.75. The highest BCUT2D eigenvalue weighted by atomic mass is 16.6. The summed E-state index contributed by atoms with van der Waals surface area (Å²) in [6.45, 7) is 0. The fourth-order valence-corrected chi connectivity index (χ4v) is 4.54. The Balaban J connectivity index is 2.32. The highest BCUT2D eigenvalue weighted by Gasteiger charge is 2.32. The number of hydrogen-bond donors (Lipinski definition) is 2. The van der Waals surface area contributed by atoms with Crippen molar-refractivity contribution in [3.05, 3.63) is 79.9 Å². The number of fused-ring (bicyclic) bond motifs is 2. The maximum absolute atomic E-state index is 12.0. The van der Waals surface area contributed by atoms with Gasteiger partial charge in [0, 0.05) is 22.9 Å². The fourth-order valence-electron chi connectivity index (χ4n) is 4.54. The Morgan fingerprint density at radius 3 is 1.47 bits per heavy atom. The molecular formula is C22H10N2O8. The molecule has 0 unspecified atom stereocenters. The lowest BCUT2D eigenvalue weighted by molar-refractivity contribution is -0.383. The van der Waals surface area contributed by atoms with Crippen molar-refractivity contribution < 1.29 is 29.6 Å².